The van der Waals surface area contributed by atoms with Crippen LogP contribution in [0.3, 0.4) is 0 Å². The molecule has 0 amide bonds. The quantitative estimate of drug-likeness (QED) is 0.226. The topological polar surface area (TPSA) is 13.1 Å². The minimum atomic E-state index is 0.353. The summed E-state index contributed by atoms with van der Waals surface area (Å²) in [6.45, 7) is 4.50. The van der Waals surface area contributed by atoms with Crippen LogP contribution in [0.1, 0.15) is 25.3 Å². The van der Waals surface area contributed by atoms with Crippen LogP contribution in [0.4, 0.5) is 0 Å². The van der Waals surface area contributed by atoms with Crippen molar-refractivity contribution in [2.45, 2.75) is 19.8 Å². The molecule has 0 fully saturated rings. The second-order valence-electron chi connectivity index (χ2n) is 10.7. The Balaban J connectivity index is 1.46. The van der Waals surface area contributed by atoms with E-state index in [0.29, 0.717) is 5.92 Å². The zero-order chi connectivity index (χ0) is 25.4. The Bertz CT molecular complexity index is 2140. The van der Waals surface area contributed by atoms with E-state index in [4.69, 9.17) is 4.42 Å². The first-order valence-electron chi connectivity index (χ1n) is 13.4. The summed E-state index contributed by atoms with van der Waals surface area (Å²) in [6, 6.07) is 42.1. The maximum Gasteiger partial charge on any atom is 0.138 e. The zero-order valence-electron chi connectivity index (χ0n) is 21.5. The number of benzene rings is 7. The molecule has 0 aliphatic carbocycles. The molecule has 0 saturated heterocycles. The van der Waals surface area contributed by atoms with Gasteiger partial charge >= 0.3 is 0 Å². The highest BCUT2D eigenvalue weighted by molar-refractivity contribution is 6.27. The Labute approximate surface area is 221 Å². The summed E-state index contributed by atoms with van der Waals surface area (Å²) in [4.78, 5) is 0. The molecule has 7 aromatic carbocycles. The predicted molar refractivity (Wildman–Crippen MR) is 162 cm³/mol. The highest BCUT2D eigenvalue weighted by Gasteiger charge is 2.18. The Morgan fingerprint density at radius 2 is 1.11 bits per heavy atom. The molecule has 1 heteroatoms. The fourth-order valence-corrected chi connectivity index (χ4v) is 6.36. The van der Waals surface area contributed by atoms with Gasteiger partial charge in [-0.25, -0.2) is 0 Å². The SMILES string of the molecule is CC(C)c1cc(-c2ccc3ccc4c(-c5ccccc5)ccc5ccc2c3c54)cc2c1oc1ccccc12. The molecule has 8 rings (SSSR count). The average Bonchev–Trinajstić information content (AvgIpc) is 3.34. The fourth-order valence-electron chi connectivity index (χ4n) is 6.36. The van der Waals surface area contributed by atoms with E-state index >= 15 is 0 Å². The van der Waals surface area contributed by atoms with E-state index in [1.165, 1.54) is 70.9 Å². The molecule has 1 heterocycles. The molecule has 38 heavy (non-hydrogen) atoms. The molecule has 0 bridgehead atoms. The highest BCUT2D eigenvalue weighted by atomic mass is 16.3. The first-order valence-corrected chi connectivity index (χ1v) is 13.4. The second kappa shape index (κ2) is 7.94. The van der Waals surface area contributed by atoms with E-state index in [1.54, 1.807) is 0 Å². The van der Waals surface area contributed by atoms with Gasteiger partial charge in [-0.1, -0.05) is 111 Å². The Hall–Kier alpha value is -4.62. The molecular weight excluding hydrogens is 460 g/mol. The molecular formula is C37H26O. The van der Waals surface area contributed by atoms with E-state index in [1.807, 2.05) is 6.07 Å². The summed E-state index contributed by atoms with van der Waals surface area (Å²) in [7, 11) is 0. The fraction of sp³-hybridized carbons (Fsp3) is 0.0811. The Kier molecular flexibility index (Phi) is 4.48. The van der Waals surface area contributed by atoms with Crippen LogP contribution < -0.4 is 0 Å². The number of hydrogen-bond donors (Lipinski definition) is 0. The Morgan fingerprint density at radius 1 is 0.500 bits per heavy atom. The standard InChI is InChI=1S/C37H26O/c1-22(2)32-20-26(21-33-29-10-6-7-11-34(29)38-37(32)33)28-17-13-25-14-18-30-27(23-8-4-3-5-9-23)16-12-24-15-19-31(28)36(25)35(24)30/h3-22H,1-2H3. The van der Waals surface area contributed by atoms with E-state index in [-0.39, 0.29) is 0 Å². The van der Waals surface area contributed by atoms with E-state index in [0.717, 1.165) is 11.2 Å². The highest BCUT2D eigenvalue weighted by Crippen LogP contribution is 2.44. The number of rotatable bonds is 3. The third-order valence-electron chi connectivity index (χ3n) is 8.19. The third kappa shape index (κ3) is 2.99. The van der Waals surface area contributed by atoms with Crippen molar-refractivity contribution < 1.29 is 4.42 Å². The molecule has 0 aliphatic rings. The van der Waals surface area contributed by atoms with Gasteiger partial charge in [0.1, 0.15) is 11.2 Å². The molecule has 1 aromatic heterocycles. The van der Waals surface area contributed by atoms with Crippen LogP contribution in [-0.2, 0) is 0 Å². The number of hydrogen-bond acceptors (Lipinski definition) is 1. The second-order valence-corrected chi connectivity index (χ2v) is 10.7. The van der Waals surface area contributed by atoms with Crippen molar-refractivity contribution >= 4 is 54.3 Å². The molecule has 0 aliphatic heterocycles. The maximum absolute atomic E-state index is 6.37. The van der Waals surface area contributed by atoms with Crippen LogP contribution in [0, 0.1) is 0 Å². The smallest absolute Gasteiger partial charge is 0.138 e. The predicted octanol–water partition coefficient (Wildman–Crippen LogP) is 10.9. The number of furan rings is 1. The molecule has 0 N–H and O–H groups in total. The van der Waals surface area contributed by atoms with Crippen molar-refractivity contribution in [2.24, 2.45) is 0 Å². The molecule has 8 aromatic rings. The minimum absolute atomic E-state index is 0.353. The number of para-hydroxylation sites is 1. The Morgan fingerprint density at radius 3 is 1.79 bits per heavy atom. The van der Waals surface area contributed by atoms with Crippen molar-refractivity contribution in [3.8, 4) is 22.3 Å². The van der Waals surface area contributed by atoms with E-state index in [2.05, 4.69) is 123 Å². The molecule has 0 atom stereocenters. The summed E-state index contributed by atoms with van der Waals surface area (Å²) >= 11 is 0. The lowest BCUT2D eigenvalue weighted by atomic mass is 9.86. The maximum atomic E-state index is 6.37. The van der Waals surface area contributed by atoms with Gasteiger partial charge in [-0.05, 0) is 84.3 Å². The molecule has 180 valence electrons. The average molecular weight is 487 g/mol. The van der Waals surface area contributed by atoms with E-state index in [9.17, 15) is 0 Å². The molecule has 0 spiro atoms. The van der Waals surface area contributed by atoms with Gasteiger partial charge in [0.05, 0.1) is 0 Å². The monoisotopic (exact) mass is 486 g/mol. The summed E-state index contributed by atoms with van der Waals surface area (Å²) in [6.07, 6.45) is 0. The first-order chi connectivity index (χ1) is 18.7. The van der Waals surface area contributed by atoms with Gasteiger partial charge < -0.3 is 4.42 Å². The van der Waals surface area contributed by atoms with Gasteiger partial charge in [0.15, 0.2) is 0 Å². The minimum Gasteiger partial charge on any atom is -0.456 e. The summed E-state index contributed by atoms with van der Waals surface area (Å²) in [5.41, 5.74) is 8.27. The zero-order valence-corrected chi connectivity index (χ0v) is 21.5. The molecule has 0 radical (unpaired) electrons. The lowest BCUT2D eigenvalue weighted by Gasteiger charge is -2.17. The van der Waals surface area contributed by atoms with Gasteiger partial charge in [0.2, 0.25) is 0 Å². The van der Waals surface area contributed by atoms with Crippen molar-refractivity contribution in [1.29, 1.82) is 0 Å². The van der Waals surface area contributed by atoms with Gasteiger partial charge in [-0.2, -0.15) is 0 Å². The third-order valence-corrected chi connectivity index (χ3v) is 8.19. The van der Waals surface area contributed by atoms with Crippen molar-refractivity contribution in [3.63, 3.8) is 0 Å². The normalized spacial score (nSPS) is 12.2. The number of fused-ring (bicyclic) bond motifs is 3. The van der Waals surface area contributed by atoms with E-state index < -0.39 is 0 Å². The molecule has 0 saturated carbocycles. The van der Waals surface area contributed by atoms with Gasteiger partial charge in [-0.15, -0.1) is 0 Å². The first kappa shape index (κ1) is 21.5. The van der Waals surface area contributed by atoms with Crippen LogP contribution >= 0.6 is 0 Å². The summed E-state index contributed by atoms with van der Waals surface area (Å²) in [5, 5.41) is 10.2. The van der Waals surface area contributed by atoms with Crippen molar-refractivity contribution in [3.05, 3.63) is 121 Å². The largest absolute Gasteiger partial charge is 0.456 e. The summed E-state index contributed by atoms with van der Waals surface area (Å²) < 4.78 is 6.37. The van der Waals surface area contributed by atoms with Crippen LogP contribution in [-0.4, -0.2) is 0 Å². The lowest BCUT2D eigenvalue weighted by molar-refractivity contribution is 0.657. The van der Waals surface area contributed by atoms with Crippen molar-refractivity contribution in [1.82, 2.24) is 0 Å². The van der Waals surface area contributed by atoms with Crippen molar-refractivity contribution in [2.75, 3.05) is 0 Å². The molecule has 0 unspecified atom stereocenters. The summed E-state index contributed by atoms with van der Waals surface area (Å²) in [5.74, 6) is 0.353. The van der Waals surface area contributed by atoms with Gasteiger partial charge in [-0.3, -0.25) is 0 Å². The van der Waals surface area contributed by atoms with Crippen LogP contribution in [0.25, 0.3) is 76.5 Å². The van der Waals surface area contributed by atoms with Crippen LogP contribution in [0.15, 0.2) is 120 Å². The molecule has 1 nitrogen and oxygen atoms in total. The van der Waals surface area contributed by atoms with Gasteiger partial charge in [0, 0.05) is 10.8 Å². The lowest BCUT2D eigenvalue weighted by Crippen LogP contribution is -1.92. The van der Waals surface area contributed by atoms with Gasteiger partial charge in [0.25, 0.3) is 0 Å². The van der Waals surface area contributed by atoms with Crippen LogP contribution in [0.5, 0.6) is 0 Å². The van der Waals surface area contributed by atoms with Crippen LogP contribution in [0.2, 0.25) is 0 Å².